The summed E-state index contributed by atoms with van der Waals surface area (Å²) in [5, 5.41) is 9.52. The Hall–Kier alpha value is -3.16. The lowest BCUT2D eigenvalue weighted by molar-refractivity contribution is -0.111. The quantitative estimate of drug-likeness (QED) is 0.353. The van der Waals surface area contributed by atoms with Crippen LogP contribution in [0.2, 0.25) is 0 Å². The Bertz CT molecular complexity index is 1190. The van der Waals surface area contributed by atoms with Gasteiger partial charge < -0.3 is 14.6 Å². The Morgan fingerprint density at radius 1 is 1.00 bits per heavy atom. The van der Waals surface area contributed by atoms with E-state index in [1.54, 1.807) is 37.0 Å². The van der Waals surface area contributed by atoms with Crippen molar-refractivity contribution in [3.63, 3.8) is 0 Å². The number of methoxy groups -OCH3 is 2. The highest BCUT2D eigenvalue weighted by Crippen LogP contribution is 2.27. The lowest BCUT2D eigenvalue weighted by Gasteiger charge is -2.19. The number of benzene rings is 2. The maximum absolute atomic E-state index is 13.6. The minimum Gasteiger partial charge on any atom is -0.478 e. The number of aromatic carboxylic acids is 1. The third-order valence-corrected chi connectivity index (χ3v) is 6.10. The molecule has 188 valence electrons. The second kappa shape index (κ2) is 12.0. The van der Waals surface area contributed by atoms with Crippen molar-refractivity contribution in [2.24, 2.45) is 5.92 Å². The topological polar surface area (TPSA) is 82.7 Å². The third-order valence-electron chi connectivity index (χ3n) is 6.10. The number of hydrogen-bond acceptors (Lipinski definition) is 4. The molecule has 35 heavy (non-hydrogen) atoms. The molecule has 0 saturated carbocycles. The lowest BCUT2D eigenvalue weighted by atomic mass is 9.98. The number of hydrogen-bond donors (Lipinski definition) is 1. The van der Waals surface area contributed by atoms with E-state index in [4.69, 9.17) is 9.47 Å². The van der Waals surface area contributed by atoms with Gasteiger partial charge in [0.05, 0.1) is 17.8 Å². The van der Waals surface area contributed by atoms with Gasteiger partial charge in [-0.3, -0.25) is 9.13 Å². The first-order valence-electron chi connectivity index (χ1n) is 12.1. The molecule has 1 heterocycles. The molecule has 0 aliphatic carbocycles. The second-order valence-electron chi connectivity index (χ2n) is 9.16. The normalized spacial score (nSPS) is 11.5. The molecule has 0 atom stereocenters. The van der Waals surface area contributed by atoms with Crippen molar-refractivity contribution in [3.05, 3.63) is 81.5 Å². The predicted molar refractivity (Wildman–Crippen MR) is 137 cm³/mol. The van der Waals surface area contributed by atoms with Crippen LogP contribution in [0.4, 0.5) is 0 Å². The largest absolute Gasteiger partial charge is 0.478 e. The van der Waals surface area contributed by atoms with E-state index >= 15 is 0 Å². The van der Waals surface area contributed by atoms with Gasteiger partial charge in [-0.15, -0.1) is 0 Å². The van der Waals surface area contributed by atoms with E-state index in [0.29, 0.717) is 18.7 Å². The molecule has 0 amide bonds. The summed E-state index contributed by atoms with van der Waals surface area (Å²) in [5.74, 6) is -0.675. The van der Waals surface area contributed by atoms with Crippen molar-refractivity contribution in [2.45, 2.75) is 59.4 Å². The molecule has 7 heteroatoms. The maximum atomic E-state index is 13.6. The zero-order valence-corrected chi connectivity index (χ0v) is 21.3. The first-order chi connectivity index (χ1) is 16.8. The van der Waals surface area contributed by atoms with Crippen LogP contribution >= 0.6 is 0 Å². The fourth-order valence-electron chi connectivity index (χ4n) is 4.45. The summed E-state index contributed by atoms with van der Waals surface area (Å²) in [6, 6.07) is 14.7. The number of aromatic nitrogens is 2. The monoisotopic (exact) mass is 480 g/mol. The van der Waals surface area contributed by atoms with Gasteiger partial charge in [-0.25, -0.2) is 9.59 Å². The van der Waals surface area contributed by atoms with Crippen LogP contribution in [0.3, 0.4) is 0 Å². The number of rotatable bonds is 12. The molecule has 0 bridgehead atoms. The Morgan fingerprint density at radius 2 is 1.66 bits per heavy atom. The highest BCUT2D eigenvalue weighted by Gasteiger charge is 2.26. The summed E-state index contributed by atoms with van der Waals surface area (Å²) >= 11 is 0. The van der Waals surface area contributed by atoms with Crippen LogP contribution in [0.5, 0.6) is 0 Å². The Balaban J connectivity index is 2.05. The smallest absolute Gasteiger partial charge is 0.336 e. The number of nitrogens with zero attached hydrogens (tertiary/aromatic N) is 2. The van der Waals surface area contributed by atoms with E-state index in [9.17, 15) is 14.7 Å². The van der Waals surface area contributed by atoms with E-state index in [2.05, 4.69) is 20.8 Å². The number of ether oxygens (including phenoxy) is 2. The summed E-state index contributed by atoms with van der Waals surface area (Å²) in [5.41, 5.74) is 4.36. The van der Waals surface area contributed by atoms with Gasteiger partial charge >= 0.3 is 11.7 Å². The molecule has 1 N–H and O–H groups in total. The summed E-state index contributed by atoms with van der Waals surface area (Å²) in [6.45, 7) is 7.29. The van der Waals surface area contributed by atoms with E-state index < -0.39 is 12.3 Å². The van der Waals surface area contributed by atoms with Gasteiger partial charge in [0.1, 0.15) is 0 Å². The molecule has 1 aromatic heterocycles. The molecule has 0 saturated heterocycles. The maximum Gasteiger partial charge on any atom is 0.336 e. The van der Waals surface area contributed by atoms with Crippen LogP contribution in [0, 0.1) is 5.92 Å². The van der Waals surface area contributed by atoms with Gasteiger partial charge in [0.2, 0.25) is 0 Å². The first-order valence-corrected chi connectivity index (χ1v) is 12.1. The molecule has 2 aromatic carbocycles. The van der Waals surface area contributed by atoms with Crippen molar-refractivity contribution < 1.29 is 19.4 Å². The Morgan fingerprint density at radius 3 is 2.23 bits per heavy atom. The molecule has 3 rings (SSSR count). The number of imidazole rings is 1. The van der Waals surface area contributed by atoms with E-state index in [1.165, 1.54) is 0 Å². The molecule has 0 aliphatic rings. The standard InChI is InChI=1S/C28H36N2O5/c1-6-7-12-24-25(27(34-4)35-5)30(17-19(2)3)28(33)29(24)18-20-13-15-21(16-14-20)22-10-8-9-11-23(22)26(31)32/h8-11,13-16,19,27H,6-7,12,17-18H2,1-5H3,(H,31,32). The number of carboxylic acids is 1. The molecule has 0 radical (unpaired) electrons. The fraction of sp³-hybridized carbons (Fsp3) is 0.429. The third kappa shape index (κ3) is 5.92. The molecule has 0 unspecified atom stereocenters. The van der Waals surface area contributed by atoms with Gasteiger partial charge in [-0.1, -0.05) is 69.7 Å². The first kappa shape index (κ1) is 26.4. The van der Waals surface area contributed by atoms with Crippen LogP contribution in [0.1, 0.15) is 67.2 Å². The summed E-state index contributed by atoms with van der Waals surface area (Å²) < 4.78 is 14.8. The zero-order chi connectivity index (χ0) is 25.5. The van der Waals surface area contributed by atoms with Crippen molar-refractivity contribution in [1.82, 2.24) is 9.13 Å². The van der Waals surface area contributed by atoms with Gasteiger partial charge in [0.25, 0.3) is 0 Å². The zero-order valence-electron chi connectivity index (χ0n) is 21.3. The molecule has 0 spiro atoms. The van der Waals surface area contributed by atoms with Crippen LogP contribution < -0.4 is 5.69 Å². The summed E-state index contributed by atoms with van der Waals surface area (Å²) in [7, 11) is 3.18. The predicted octanol–water partition coefficient (Wildman–Crippen LogP) is 5.35. The van der Waals surface area contributed by atoms with Crippen molar-refractivity contribution in [3.8, 4) is 11.1 Å². The summed E-state index contributed by atoms with van der Waals surface area (Å²) in [6.07, 6.45) is 2.08. The number of carbonyl (C=O) groups is 1. The SMILES string of the molecule is CCCCc1c(C(OC)OC)n(CC(C)C)c(=O)n1Cc1ccc(-c2ccccc2C(=O)O)cc1. The average molecular weight is 481 g/mol. The van der Waals surface area contributed by atoms with Gasteiger partial charge in [-0.05, 0) is 41.5 Å². The molecule has 3 aromatic rings. The van der Waals surface area contributed by atoms with E-state index in [0.717, 1.165) is 41.8 Å². The Labute approximate surface area is 206 Å². The van der Waals surface area contributed by atoms with Crippen LogP contribution in [-0.2, 0) is 29.0 Å². The van der Waals surface area contributed by atoms with Crippen LogP contribution in [-0.4, -0.2) is 34.4 Å². The fourth-order valence-corrected chi connectivity index (χ4v) is 4.45. The summed E-state index contributed by atoms with van der Waals surface area (Å²) in [4.78, 5) is 25.2. The number of carboxylic acid groups (broad SMARTS) is 1. The second-order valence-corrected chi connectivity index (χ2v) is 9.16. The molecular formula is C28H36N2O5. The van der Waals surface area contributed by atoms with Gasteiger partial charge in [0, 0.05) is 26.5 Å². The molecular weight excluding hydrogens is 444 g/mol. The average Bonchev–Trinajstić information content (AvgIpc) is 3.09. The van der Waals surface area contributed by atoms with Crippen molar-refractivity contribution in [2.75, 3.05) is 14.2 Å². The highest BCUT2D eigenvalue weighted by molar-refractivity contribution is 5.95. The van der Waals surface area contributed by atoms with Crippen molar-refractivity contribution in [1.29, 1.82) is 0 Å². The number of unbranched alkanes of at least 4 members (excludes halogenated alkanes) is 1. The van der Waals surface area contributed by atoms with Crippen LogP contribution in [0.25, 0.3) is 11.1 Å². The molecule has 7 nitrogen and oxygen atoms in total. The lowest BCUT2D eigenvalue weighted by Crippen LogP contribution is -2.28. The molecule has 0 fully saturated rings. The van der Waals surface area contributed by atoms with E-state index in [1.807, 2.05) is 34.9 Å². The van der Waals surface area contributed by atoms with Gasteiger partial charge in [-0.2, -0.15) is 0 Å². The minimum atomic E-state index is -0.957. The van der Waals surface area contributed by atoms with Crippen LogP contribution in [0.15, 0.2) is 53.3 Å². The highest BCUT2D eigenvalue weighted by atomic mass is 16.7. The van der Waals surface area contributed by atoms with Crippen molar-refractivity contribution >= 4 is 5.97 Å². The minimum absolute atomic E-state index is 0.0702. The van der Waals surface area contributed by atoms with E-state index in [-0.39, 0.29) is 17.2 Å². The molecule has 0 aliphatic heterocycles. The van der Waals surface area contributed by atoms with Gasteiger partial charge in [0.15, 0.2) is 6.29 Å². The Kier molecular flexibility index (Phi) is 9.07.